The summed E-state index contributed by atoms with van der Waals surface area (Å²) in [4.78, 5) is 12.7. The molecule has 0 spiro atoms. The summed E-state index contributed by atoms with van der Waals surface area (Å²) in [5, 5.41) is 6.96. The van der Waals surface area contributed by atoms with Crippen molar-refractivity contribution in [1.82, 2.24) is 10.5 Å². The van der Waals surface area contributed by atoms with E-state index in [1.807, 2.05) is 18.2 Å². The number of fused-ring (bicyclic) bond motifs is 2. The lowest BCUT2D eigenvalue weighted by Crippen LogP contribution is -2.57. The normalized spacial score (nSPS) is 28.4. The summed E-state index contributed by atoms with van der Waals surface area (Å²) in [5.41, 5.74) is 1.72. The standard InChI is InChI=1S/C16H16N2O2/c19-15-16(12-4-2-1-3-5-12)9-11-10-18-20-14(11)8-13(16)6-7-17-15/h1-5,10,13H,6-9H2,(H,17,19). The number of carbonyl (C=O) groups excluding carboxylic acids is 1. The van der Waals surface area contributed by atoms with E-state index in [-0.39, 0.29) is 5.91 Å². The van der Waals surface area contributed by atoms with E-state index in [1.54, 1.807) is 6.20 Å². The molecule has 1 aromatic heterocycles. The van der Waals surface area contributed by atoms with E-state index < -0.39 is 5.41 Å². The number of aromatic nitrogens is 1. The van der Waals surface area contributed by atoms with Crippen LogP contribution in [0.4, 0.5) is 0 Å². The van der Waals surface area contributed by atoms with E-state index in [0.29, 0.717) is 12.3 Å². The van der Waals surface area contributed by atoms with Crippen LogP contribution in [0.25, 0.3) is 0 Å². The van der Waals surface area contributed by atoms with Crippen molar-refractivity contribution in [3.63, 3.8) is 0 Å². The highest BCUT2D eigenvalue weighted by Gasteiger charge is 2.52. The maximum Gasteiger partial charge on any atom is 0.231 e. The molecule has 0 radical (unpaired) electrons. The average molecular weight is 268 g/mol. The molecule has 1 aliphatic heterocycles. The Morgan fingerprint density at radius 2 is 2.15 bits per heavy atom. The third-order valence-corrected chi connectivity index (χ3v) is 4.80. The van der Waals surface area contributed by atoms with Gasteiger partial charge in [-0.2, -0.15) is 0 Å². The molecular formula is C16H16N2O2. The number of hydrogen-bond donors (Lipinski definition) is 1. The molecule has 1 fully saturated rings. The number of nitrogens with one attached hydrogen (secondary N) is 1. The predicted molar refractivity (Wildman–Crippen MR) is 73.1 cm³/mol. The van der Waals surface area contributed by atoms with Crippen LogP contribution in [0.3, 0.4) is 0 Å². The van der Waals surface area contributed by atoms with Crippen LogP contribution in [0.5, 0.6) is 0 Å². The number of piperidine rings is 1. The number of benzene rings is 1. The molecule has 2 heterocycles. The van der Waals surface area contributed by atoms with E-state index in [9.17, 15) is 4.79 Å². The Bertz CT molecular complexity index is 650. The summed E-state index contributed by atoms with van der Waals surface area (Å²) in [5.74, 6) is 1.39. The Balaban J connectivity index is 1.89. The fraction of sp³-hybridized carbons (Fsp3) is 0.375. The van der Waals surface area contributed by atoms with E-state index >= 15 is 0 Å². The van der Waals surface area contributed by atoms with Crippen molar-refractivity contribution in [3.05, 3.63) is 53.4 Å². The lowest BCUT2D eigenvalue weighted by molar-refractivity contribution is -0.131. The number of amides is 1. The van der Waals surface area contributed by atoms with Gasteiger partial charge in [0.15, 0.2) is 0 Å². The Kier molecular flexibility index (Phi) is 2.46. The van der Waals surface area contributed by atoms with Gasteiger partial charge >= 0.3 is 0 Å². The molecule has 1 saturated heterocycles. The van der Waals surface area contributed by atoms with Crippen molar-refractivity contribution < 1.29 is 9.32 Å². The van der Waals surface area contributed by atoms with Gasteiger partial charge in [-0.05, 0) is 24.3 Å². The highest BCUT2D eigenvalue weighted by atomic mass is 16.5. The average Bonchev–Trinajstić information content (AvgIpc) is 2.93. The summed E-state index contributed by atoms with van der Waals surface area (Å²) in [7, 11) is 0. The molecule has 0 saturated carbocycles. The van der Waals surface area contributed by atoms with E-state index in [0.717, 1.165) is 36.3 Å². The molecular weight excluding hydrogens is 252 g/mol. The minimum Gasteiger partial charge on any atom is -0.361 e. The van der Waals surface area contributed by atoms with Gasteiger partial charge in [-0.3, -0.25) is 4.79 Å². The number of rotatable bonds is 1. The smallest absolute Gasteiger partial charge is 0.231 e. The zero-order valence-corrected chi connectivity index (χ0v) is 11.1. The highest BCUT2D eigenvalue weighted by molar-refractivity contribution is 5.90. The van der Waals surface area contributed by atoms with E-state index in [1.165, 1.54) is 0 Å². The van der Waals surface area contributed by atoms with Crippen molar-refractivity contribution in [2.45, 2.75) is 24.7 Å². The van der Waals surface area contributed by atoms with Gasteiger partial charge in [-0.1, -0.05) is 35.5 Å². The third-order valence-electron chi connectivity index (χ3n) is 4.80. The summed E-state index contributed by atoms with van der Waals surface area (Å²) < 4.78 is 5.34. The Morgan fingerprint density at radius 1 is 1.30 bits per heavy atom. The monoisotopic (exact) mass is 268 g/mol. The first-order valence-electron chi connectivity index (χ1n) is 7.07. The van der Waals surface area contributed by atoms with Gasteiger partial charge in [0, 0.05) is 18.5 Å². The SMILES string of the molecule is O=C1NCCC2Cc3oncc3CC12c1ccccc1. The third kappa shape index (κ3) is 1.48. The van der Waals surface area contributed by atoms with Gasteiger partial charge in [0.1, 0.15) is 5.76 Å². The zero-order valence-electron chi connectivity index (χ0n) is 11.1. The molecule has 2 aromatic rings. The fourth-order valence-corrected chi connectivity index (χ4v) is 3.78. The van der Waals surface area contributed by atoms with Crippen LogP contribution in [0.1, 0.15) is 23.3 Å². The van der Waals surface area contributed by atoms with Crippen LogP contribution in [-0.4, -0.2) is 17.6 Å². The van der Waals surface area contributed by atoms with Crippen LogP contribution in [0.2, 0.25) is 0 Å². The van der Waals surface area contributed by atoms with Crippen molar-refractivity contribution in [1.29, 1.82) is 0 Å². The molecule has 0 bridgehead atoms. The molecule has 1 aromatic carbocycles. The quantitative estimate of drug-likeness (QED) is 0.858. The molecule has 4 rings (SSSR count). The molecule has 102 valence electrons. The van der Waals surface area contributed by atoms with Crippen LogP contribution in [0, 0.1) is 5.92 Å². The number of carbonyl (C=O) groups is 1. The first kappa shape index (κ1) is 11.7. The highest BCUT2D eigenvalue weighted by Crippen LogP contribution is 2.45. The maximum absolute atomic E-state index is 12.7. The van der Waals surface area contributed by atoms with Crippen LogP contribution in [0.15, 0.2) is 41.1 Å². The fourth-order valence-electron chi connectivity index (χ4n) is 3.78. The second-order valence-corrected chi connectivity index (χ2v) is 5.73. The van der Waals surface area contributed by atoms with Gasteiger partial charge in [0.25, 0.3) is 0 Å². The van der Waals surface area contributed by atoms with Crippen LogP contribution < -0.4 is 5.32 Å². The molecule has 4 heteroatoms. The van der Waals surface area contributed by atoms with Crippen molar-refractivity contribution in [3.8, 4) is 0 Å². The largest absolute Gasteiger partial charge is 0.361 e. The molecule has 2 unspecified atom stereocenters. The van der Waals surface area contributed by atoms with Gasteiger partial charge in [0.2, 0.25) is 5.91 Å². The Labute approximate surface area is 117 Å². The van der Waals surface area contributed by atoms with Crippen LogP contribution >= 0.6 is 0 Å². The van der Waals surface area contributed by atoms with Crippen molar-refractivity contribution in [2.75, 3.05) is 6.54 Å². The van der Waals surface area contributed by atoms with Gasteiger partial charge < -0.3 is 9.84 Å². The topological polar surface area (TPSA) is 55.1 Å². The lowest BCUT2D eigenvalue weighted by atomic mass is 9.59. The summed E-state index contributed by atoms with van der Waals surface area (Å²) in [6, 6.07) is 10.1. The molecule has 2 aliphatic rings. The predicted octanol–water partition coefficient (Wildman–Crippen LogP) is 1.85. The number of hydrogen-bond acceptors (Lipinski definition) is 3. The second kappa shape index (κ2) is 4.20. The Hall–Kier alpha value is -2.10. The molecule has 2 atom stereocenters. The Morgan fingerprint density at radius 3 is 3.00 bits per heavy atom. The van der Waals surface area contributed by atoms with E-state index in [2.05, 4.69) is 22.6 Å². The molecule has 20 heavy (non-hydrogen) atoms. The van der Waals surface area contributed by atoms with E-state index in [4.69, 9.17) is 4.52 Å². The molecule has 4 nitrogen and oxygen atoms in total. The summed E-state index contributed by atoms with van der Waals surface area (Å²) >= 11 is 0. The van der Waals surface area contributed by atoms with Gasteiger partial charge in [0.05, 0.1) is 11.6 Å². The first-order chi connectivity index (χ1) is 9.80. The zero-order chi connectivity index (χ0) is 13.6. The maximum atomic E-state index is 12.7. The van der Waals surface area contributed by atoms with Crippen molar-refractivity contribution in [2.24, 2.45) is 5.92 Å². The molecule has 1 amide bonds. The van der Waals surface area contributed by atoms with Crippen molar-refractivity contribution >= 4 is 5.91 Å². The van der Waals surface area contributed by atoms with Gasteiger partial charge in [-0.15, -0.1) is 0 Å². The molecule has 1 aliphatic carbocycles. The minimum absolute atomic E-state index is 0.145. The van der Waals surface area contributed by atoms with Gasteiger partial charge in [-0.25, -0.2) is 0 Å². The molecule has 1 N–H and O–H groups in total. The second-order valence-electron chi connectivity index (χ2n) is 5.73. The first-order valence-corrected chi connectivity index (χ1v) is 7.07. The lowest BCUT2D eigenvalue weighted by Gasteiger charge is -2.45. The minimum atomic E-state index is -0.460. The summed E-state index contributed by atoms with van der Waals surface area (Å²) in [6.07, 6.45) is 4.24. The summed E-state index contributed by atoms with van der Waals surface area (Å²) in [6.45, 7) is 0.752. The number of nitrogens with zero attached hydrogens (tertiary/aromatic N) is 1. The van der Waals surface area contributed by atoms with Crippen LogP contribution in [-0.2, 0) is 23.1 Å².